The van der Waals surface area contributed by atoms with Gasteiger partial charge < -0.3 is 40.2 Å². The van der Waals surface area contributed by atoms with E-state index in [-0.39, 0.29) is 49.3 Å². The number of nitrogens with zero attached hydrogens (tertiary/aromatic N) is 3. The summed E-state index contributed by atoms with van der Waals surface area (Å²) in [4.78, 5) is 78.9. The van der Waals surface area contributed by atoms with Crippen LogP contribution in [0.25, 0.3) is 10.9 Å². The van der Waals surface area contributed by atoms with Crippen LogP contribution < -0.4 is 26.3 Å². The second-order valence-corrected chi connectivity index (χ2v) is 14.2. The summed E-state index contributed by atoms with van der Waals surface area (Å²) in [6.45, 7) is 9.06. The molecule has 0 spiro atoms. The number of pyridine rings is 1. The fourth-order valence-corrected chi connectivity index (χ4v) is 6.86. The van der Waals surface area contributed by atoms with Crippen LogP contribution in [0.1, 0.15) is 69.3 Å². The first-order chi connectivity index (χ1) is 25.2. The van der Waals surface area contributed by atoms with E-state index in [2.05, 4.69) is 29.8 Å². The van der Waals surface area contributed by atoms with E-state index >= 15 is 4.39 Å². The number of benzene rings is 2. The van der Waals surface area contributed by atoms with Crippen molar-refractivity contribution in [2.75, 3.05) is 42.9 Å². The number of amides is 4. The smallest absolute Gasteiger partial charge is 0.410 e. The molecule has 1 unspecified atom stereocenters. The number of aryl methyl sites for hydroxylation is 1. The number of carbonyl (C=O) groups is 5. The number of ether oxygens (including phenoxy) is 1. The molecule has 0 radical (unpaired) electrons. The van der Waals surface area contributed by atoms with Crippen molar-refractivity contribution in [3.63, 3.8) is 0 Å². The number of aromatic carboxylic acids is 1. The monoisotopic (exact) mass is 734 g/mol. The molecule has 1 saturated heterocycles. The van der Waals surface area contributed by atoms with Gasteiger partial charge in [0, 0.05) is 56.0 Å². The molecule has 53 heavy (non-hydrogen) atoms. The highest BCUT2D eigenvalue weighted by Gasteiger charge is 2.51. The van der Waals surface area contributed by atoms with Gasteiger partial charge >= 0.3 is 12.1 Å². The Morgan fingerprint density at radius 2 is 1.66 bits per heavy atom. The van der Waals surface area contributed by atoms with Gasteiger partial charge in [0.2, 0.25) is 23.2 Å². The quantitative estimate of drug-likeness (QED) is 0.188. The van der Waals surface area contributed by atoms with E-state index in [0.717, 1.165) is 18.9 Å². The first-order valence-electron chi connectivity index (χ1n) is 18.0. The minimum Gasteiger partial charge on any atom is -0.477 e. The molecule has 1 aromatic heterocycles. The van der Waals surface area contributed by atoms with Crippen molar-refractivity contribution >= 4 is 52.1 Å². The molecule has 15 heteroatoms. The van der Waals surface area contributed by atoms with Crippen molar-refractivity contribution in [1.82, 2.24) is 20.1 Å². The van der Waals surface area contributed by atoms with Gasteiger partial charge in [0.05, 0.1) is 17.7 Å². The van der Waals surface area contributed by atoms with Crippen LogP contribution in [0.15, 0.2) is 47.4 Å². The molecule has 1 saturated carbocycles. The second-order valence-electron chi connectivity index (χ2n) is 14.2. The van der Waals surface area contributed by atoms with Crippen molar-refractivity contribution in [2.45, 2.75) is 72.6 Å². The number of nitrogens with one attached hydrogen (secondary N) is 3. The zero-order chi connectivity index (χ0) is 38.4. The Hall–Kier alpha value is -5.47. The van der Waals surface area contributed by atoms with Gasteiger partial charge in [0.25, 0.3) is 0 Å². The number of piperazine rings is 1. The van der Waals surface area contributed by atoms with Crippen molar-refractivity contribution in [3.05, 3.63) is 69.8 Å². The summed E-state index contributed by atoms with van der Waals surface area (Å²) in [7, 11) is 0. The van der Waals surface area contributed by atoms with Gasteiger partial charge in [0.1, 0.15) is 23.4 Å². The third kappa shape index (κ3) is 8.78. The van der Waals surface area contributed by atoms with Crippen molar-refractivity contribution in [3.8, 4) is 0 Å². The van der Waals surface area contributed by atoms with Gasteiger partial charge in [-0.2, -0.15) is 0 Å². The number of aromatic nitrogens is 1. The standard InChI is InChI=1S/C38H47FN6O8/c1-5-43-21-28(34(48)49)33(47)27-18-29(39)31(19-30(27)43)44-13-15-45(16-14-44)37(52)53-22-25-7-9-26(10-8-25)42-32(46)20-40-35(50)38(11-6-12-38)36(51)41-24(4)17-23(2)3/h7-10,18-19,21,23-24H,5-6,11-17,20,22H2,1-4H3,(H,40,50)(H,41,51)(H,42,46)(H,48,49). The van der Waals surface area contributed by atoms with Crippen LogP contribution in [-0.4, -0.2) is 83.1 Å². The van der Waals surface area contributed by atoms with Gasteiger partial charge in [-0.1, -0.05) is 32.4 Å². The number of hydrogen-bond acceptors (Lipinski definition) is 8. The zero-order valence-electron chi connectivity index (χ0n) is 30.5. The Balaban J connectivity index is 1.08. The van der Waals surface area contributed by atoms with Gasteiger partial charge in [0.15, 0.2) is 0 Å². The third-order valence-corrected chi connectivity index (χ3v) is 9.89. The lowest BCUT2D eigenvalue weighted by molar-refractivity contribution is -0.150. The molecule has 2 aliphatic rings. The fourth-order valence-electron chi connectivity index (χ4n) is 6.86. The van der Waals surface area contributed by atoms with Crippen molar-refractivity contribution < 1.29 is 38.2 Å². The van der Waals surface area contributed by atoms with Crippen LogP contribution >= 0.6 is 0 Å². The Morgan fingerprint density at radius 1 is 0.981 bits per heavy atom. The van der Waals surface area contributed by atoms with Gasteiger partial charge in [-0.25, -0.2) is 14.0 Å². The number of fused-ring (bicyclic) bond motifs is 1. The Morgan fingerprint density at radius 3 is 2.25 bits per heavy atom. The Bertz CT molecular complexity index is 1930. The first kappa shape index (κ1) is 38.8. The minimum absolute atomic E-state index is 0.0131. The Labute approximate surface area is 306 Å². The molecular formula is C38H47FN6O8. The van der Waals surface area contributed by atoms with Crippen LogP contribution in [0, 0.1) is 17.2 Å². The predicted molar refractivity (Wildman–Crippen MR) is 196 cm³/mol. The SMILES string of the molecule is CCn1cc(C(=O)O)c(=O)c2cc(F)c(N3CCN(C(=O)OCc4ccc(NC(=O)CNC(=O)C5(C(=O)NC(C)CC(C)C)CCC5)cc4)CC3)cc21. The van der Waals surface area contributed by atoms with E-state index in [9.17, 15) is 33.9 Å². The highest BCUT2D eigenvalue weighted by molar-refractivity contribution is 6.07. The zero-order valence-corrected chi connectivity index (χ0v) is 30.5. The summed E-state index contributed by atoms with van der Waals surface area (Å²) in [6, 6.07) is 9.25. The van der Waals surface area contributed by atoms with Gasteiger partial charge in [-0.15, -0.1) is 0 Å². The topological polar surface area (TPSA) is 179 Å². The van der Waals surface area contributed by atoms with Crippen molar-refractivity contribution in [1.29, 1.82) is 0 Å². The highest BCUT2D eigenvalue weighted by Crippen LogP contribution is 2.41. The second kappa shape index (κ2) is 16.5. The minimum atomic E-state index is -1.38. The lowest BCUT2D eigenvalue weighted by atomic mass is 9.67. The van der Waals surface area contributed by atoms with Crippen molar-refractivity contribution in [2.24, 2.45) is 11.3 Å². The predicted octanol–water partition coefficient (Wildman–Crippen LogP) is 4.09. The molecule has 3 aromatic rings. The number of carboxylic acid groups (broad SMARTS) is 1. The number of rotatable bonds is 13. The summed E-state index contributed by atoms with van der Waals surface area (Å²) < 4.78 is 22.3. The molecule has 284 valence electrons. The lowest BCUT2D eigenvalue weighted by Gasteiger charge is -2.39. The van der Waals surface area contributed by atoms with E-state index in [4.69, 9.17) is 4.74 Å². The summed E-state index contributed by atoms with van der Waals surface area (Å²) in [6.07, 6.45) is 3.18. The van der Waals surface area contributed by atoms with Crippen LogP contribution in [0.2, 0.25) is 0 Å². The maximum absolute atomic E-state index is 15.2. The normalized spacial score (nSPS) is 15.7. The molecule has 4 amide bonds. The number of carbonyl (C=O) groups excluding carboxylic acids is 4. The molecule has 2 fully saturated rings. The molecule has 1 atom stereocenters. The molecule has 4 N–H and O–H groups in total. The van der Waals surface area contributed by atoms with E-state index in [1.165, 1.54) is 11.1 Å². The fraction of sp³-hybridized carbons (Fsp3) is 0.474. The van der Waals surface area contributed by atoms with Gasteiger partial charge in [-0.3, -0.25) is 19.2 Å². The lowest BCUT2D eigenvalue weighted by Crippen LogP contribution is -2.57. The maximum atomic E-state index is 15.2. The third-order valence-electron chi connectivity index (χ3n) is 9.89. The summed E-state index contributed by atoms with van der Waals surface area (Å²) in [5.74, 6) is -2.82. The number of carboxylic acids is 1. The molecule has 14 nitrogen and oxygen atoms in total. The van der Waals surface area contributed by atoms with Crippen LogP contribution in [0.5, 0.6) is 0 Å². The average Bonchev–Trinajstić information content (AvgIpc) is 3.09. The first-order valence-corrected chi connectivity index (χ1v) is 18.0. The van der Waals surface area contributed by atoms with Gasteiger partial charge in [-0.05, 0) is 68.9 Å². The highest BCUT2D eigenvalue weighted by atomic mass is 19.1. The van der Waals surface area contributed by atoms with E-state index in [0.29, 0.717) is 55.2 Å². The average molecular weight is 735 g/mol. The van der Waals surface area contributed by atoms with E-state index in [1.54, 1.807) is 46.7 Å². The summed E-state index contributed by atoms with van der Waals surface area (Å²) >= 11 is 0. The van der Waals surface area contributed by atoms with Crippen LogP contribution in [0.4, 0.5) is 20.6 Å². The molecule has 1 aliphatic carbocycles. The van der Waals surface area contributed by atoms with E-state index in [1.807, 2.05) is 6.92 Å². The summed E-state index contributed by atoms with van der Waals surface area (Å²) in [5, 5.41) is 17.7. The number of halogens is 1. The number of anilines is 2. The summed E-state index contributed by atoms with van der Waals surface area (Å²) in [5.41, 5.74) is -0.488. The largest absolute Gasteiger partial charge is 0.477 e. The molecule has 2 aromatic carbocycles. The molecular weight excluding hydrogens is 687 g/mol. The van der Waals surface area contributed by atoms with Crippen LogP contribution in [-0.2, 0) is 32.3 Å². The maximum Gasteiger partial charge on any atom is 0.410 e. The Kier molecular flexibility index (Phi) is 12.0. The van der Waals surface area contributed by atoms with Crippen LogP contribution in [0.3, 0.4) is 0 Å². The molecule has 0 bridgehead atoms. The molecule has 2 heterocycles. The van der Waals surface area contributed by atoms with E-state index < -0.39 is 46.1 Å². The number of hydrogen-bond donors (Lipinski definition) is 4. The molecule has 5 rings (SSSR count). The molecule has 1 aliphatic heterocycles.